The van der Waals surface area contributed by atoms with Gasteiger partial charge < -0.3 is 20.6 Å². The molecule has 2 fully saturated rings. The van der Waals surface area contributed by atoms with Crippen molar-refractivity contribution >= 4 is 6.03 Å². The molecule has 2 atom stereocenters. The Morgan fingerprint density at radius 1 is 1.21 bits per heavy atom. The van der Waals surface area contributed by atoms with Crippen molar-refractivity contribution in [2.75, 3.05) is 26.2 Å². The van der Waals surface area contributed by atoms with E-state index in [0.29, 0.717) is 0 Å². The lowest BCUT2D eigenvalue weighted by atomic mass is 10.1. The fourth-order valence-electron chi connectivity index (χ4n) is 3.98. The summed E-state index contributed by atoms with van der Waals surface area (Å²) in [6.07, 6.45) is 6.50. The van der Waals surface area contributed by atoms with Crippen molar-refractivity contribution in [1.29, 1.82) is 0 Å². The zero-order valence-corrected chi connectivity index (χ0v) is 14.3. The molecule has 24 heavy (non-hydrogen) atoms. The molecule has 2 amide bonds. The Labute approximate surface area is 144 Å². The summed E-state index contributed by atoms with van der Waals surface area (Å²) in [4.78, 5) is 14.7. The summed E-state index contributed by atoms with van der Waals surface area (Å²) in [5.41, 5.74) is 0.921. The second kappa shape index (κ2) is 8.49. The number of nitrogens with one attached hydrogen (secondary N) is 2. The summed E-state index contributed by atoms with van der Waals surface area (Å²) >= 11 is 0. The molecule has 1 aromatic carbocycles. The molecular weight excluding hydrogens is 302 g/mol. The van der Waals surface area contributed by atoms with Crippen LogP contribution in [0.15, 0.2) is 30.3 Å². The standard InChI is InChI=1S/C19H29N3O2/c23-14-18(16-8-2-1-3-9-16)21-19(24)20-17-10-11-22(13-17)12-15-6-4-5-7-15/h1-3,8-9,15,17-18,23H,4-7,10-14H2,(H2,20,21,24)/t17-,18+/m0/s1. The Morgan fingerprint density at radius 2 is 1.96 bits per heavy atom. The van der Waals surface area contributed by atoms with Crippen molar-refractivity contribution in [2.45, 2.75) is 44.2 Å². The Balaban J connectivity index is 1.43. The van der Waals surface area contributed by atoms with Gasteiger partial charge in [0.15, 0.2) is 0 Å². The molecule has 1 saturated heterocycles. The third kappa shape index (κ3) is 4.71. The molecule has 1 aliphatic carbocycles. The molecule has 1 aromatic rings. The number of benzene rings is 1. The van der Waals surface area contributed by atoms with E-state index < -0.39 is 0 Å². The average molecular weight is 331 g/mol. The largest absolute Gasteiger partial charge is 0.394 e. The number of aliphatic hydroxyl groups excluding tert-OH is 1. The zero-order valence-electron chi connectivity index (χ0n) is 14.3. The minimum atomic E-state index is -0.359. The van der Waals surface area contributed by atoms with Gasteiger partial charge in [0.05, 0.1) is 12.6 Å². The van der Waals surface area contributed by atoms with E-state index in [1.165, 1.54) is 32.2 Å². The third-order valence-electron chi connectivity index (χ3n) is 5.29. The van der Waals surface area contributed by atoms with E-state index in [2.05, 4.69) is 15.5 Å². The van der Waals surface area contributed by atoms with Crippen LogP contribution in [0, 0.1) is 5.92 Å². The second-order valence-electron chi connectivity index (χ2n) is 7.16. The summed E-state index contributed by atoms with van der Waals surface area (Å²) in [6, 6.07) is 9.25. The molecule has 5 heteroatoms. The van der Waals surface area contributed by atoms with Gasteiger partial charge in [0, 0.05) is 25.7 Å². The number of hydrogen-bond donors (Lipinski definition) is 3. The lowest BCUT2D eigenvalue weighted by Gasteiger charge is -2.21. The number of amides is 2. The van der Waals surface area contributed by atoms with Gasteiger partial charge >= 0.3 is 6.03 Å². The van der Waals surface area contributed by atoms with E-state index >= 15 is 0 Å². The first-order valence-corrected chi connectivity index (χ1v) is 9.20. The summed E-state index contributed by atoms with van der Waals surface area (Å²) in [5.74, 6) is 0.856. The molecule has 0 radical (unpaired) electrons. The van der Waals surface area contributed by atoms with E-state index in [1.54, 1.807) is 0 Å². The highest BCUT2D eigenvalue weighted by atomic mass is 16.3. The molecule has 0 spiro atoms. The first-order valence-electron chi connectivity index (χ1n) is 9.20. The number of rotatable bonds is 6. The van der Waals surface area contributed by atoms with Crippen LogP contribution in [0.5, 0.6) is 0 Å². The molecule has 1 saturated carbocycles. The second-order valence-corrected chi connectivity index (χ2v) is 7.16. The maximum absolute atomic E-state index is 12.2. The molecule has 0 bridgehead atoms. The molecule has 2 aliphatic rings. The van der Waals surface area contributed by atoms with Crippen molar-refractivity contribution in [3.05, 3.63) is 35.9 Å². The first-order chi connectivity index (χ1) is 11.7. The van der Waals surface area contributed by atoms with E-state index in [1.807, 2.05) is 30.3 Å². The van der Waals surface area contributed by atoms with Crippen molar-refractivity contribution in [2.24, 2.45) is 5.92 Å². The van der Waals surface area contributed by atoms with Gasteiger partial charge in [-0.2, -0.15) is 0 Å². The van der Waals surface area contributed by atoms with Gasteiger partial charge in [-0.25, -0.2) is 4.79 Å². The SMILES string of the molecule is O=C(N[C@H]1CCN(CC2CCCC2)C1)N[C@H](CO)c1ccccc1. The molecule has 3 N–H and O–H groups in total. The highest BCUT2D eigenvalue weighted by Gasteiger charge is 2.27. The quantitative estimate of drug-likeness (QED) is 0.749. The normalized spacial score (nSPS) is 23.3. The van der Waals surface area contributed by atoms with Gasteiger partial charge in [0.1, 0.15) is 0 Å². The topological polar surface area (TPSA) is 64.6 Å². The van der Waals surface area contributed by atoms with Gasteiger partial charge in [-0.1, -0.05) is 43.2 Å². The predicted molar refractivity (Wildman–Crippen MR) is 94.7 cm³/mol. The molecule has 5 nitrogen and oxygen atoms in total. The number of hydrogen-bond acceptors (Lipinski definition) is 3. The number of carbonyl (C=O) groups excluding carboxylic acids is 1. The van der Waals surface area contributed by atoms with Gasteiger partial charge in [-0.15, -0.1) is 0 Å². The average Bonchev–Trinajstić information content (AvgIpc) is 3.26. The van der Waals surface area contributed by atoms with Crippen molar-refractivity contribution < 1.29 is 9.90 Å². The number of carbonyl (C=O) groups is 1. The maximum atomic E-state index is 12.2. The fourth-order valence-corrected chi connectivity index (χ4v) is 3.98. The number of urea groups is 1. The van der Waals surface area contributed by atoms with Gasteiger partial charge in [-0.3, -0.25) is 0 Å². The molecule has 1 aliphatic heterocycles. The van der Waals surface area contributed by atoms with E-state index in [4.69, 9.17) is 0 Å². The first kappa shape index (κ1) is 17.2. The van der Waals surface area contributed by atoms with Gasteiger partial charge in [-0.05, 0) is 30.7 Å². The Bertz CT molecular complexity index is 517. The Hall–Kier alpha value is -1.59. The minimum absolute atomic E-state index is 0.101. The van der Waals surface area contributed by atoms with E-state index in [0.717, 1.165) is 31.0 Å². The smallest absolute Gasteiger partial charge is 0.315 e. The number of likely N-dealkylation sites (tertiary alicyclic amines) is 1. The van der Waals surface area contributed by atoms with Crippen LogP contribution in [-0.4, -0.2) is 48.3 Å². The van der Waals surface area contributed by atoms with Crippen molar-refractivity contribution in [3.63, 3.8) is 0 Å². The lowest BCUT2D eigenvalue weighted by Crippen LogP contribution is -2.45. The molecule has 1 heterocycles. The predicted octanol–water partition coefficient (Wildman–Crippen LogP) is 2.28. The lowest BCUT2D eigenvalue weighted by molar-refractivity contribution is 0.213. The van der Waals surface area contributed by atoms with Crippen molar-refractivity contribution in [3.8, 4) is 0 Å². The van der Waals surface area contributed by atoms with Crippen LogP contribution in [0.2, 0.25) is 0 Å². The monoisotopic (exact) mass is 331 g/mol. The summed E-state index contributed by atoms with van der Waals surface area (Å²) in [5, 5.41) is 15.5. The number of nitrogens with zero attached hydrogens (tertiary/aromatic N) is 1. The van der Waals surface area contributed by atoms with Gasteiger partial charge in [0.25, 0.3) is 0 Å². The molecule has 0 unspecified atom stereocenters. The Kier molecular flexibility index (Phi) is 6.10. The minimum Gasteiger partial charge on any atom is -0.394 e. The summed E-state index contributed by atoms with van der Waals surface area (Å²) in [7, 11) is 0. The highest BCUT2D eigenvalue weighted by Crippen LogP contribution is 2.26. The molecule has 132 valence electrons. The van der Waals surface area contributed by atoms with Crippen LogP contribution in [0.1, 0.15) is 43.7 Å². The van der Waals surface area contributed by atoms with Crippen LogP contribution in [0.4, 0.5) is 4.79 Å². The van der Waals surface area contributed by atoms with Gasteiger partial charge in [0.2, 0.25) is 0 Å². The summed E-state index contributed by atoms with van der Waals surface area (Å²) in [6.45, 7) is 3.10. The zero-order chi connectivity index (χ0) is 16.8. The fraction of sp³-hybridized carbons (Fsp3) is 0.632. The molecule has 0 aromatic heterocycles. The number of aliphatic hydroxyl groups is 1. The van der Waals surface area contributed by atoms with Crippen LogP contribution in [0.25, 0.3) is 0 Å². The van der Waals surface area contributed by atoms with Crippen LogP contribution in [0.3, 0.4) is 0 Å². The van der Waals surface area contributed by atoms with Crippen LogP contribution in [-0.2, 0) is 0 Å². The van der Waals surface area contributed by atoms with Crippen molar-refractivity contribution in [1.82, 2.24) is 15.5 Å². The maximum Gasteiger partial charge on any atom is 0.315 e. The van der Waals surface area contributed by atoms with E-state index in [-0.39, 0.29) is 24.7 Å². The van der Waals surface area contributed by atoms with Crippen LogP contribution >= 0.6 is 0 Å². The highest BCUT2D eigenvalue weighted by molar-refractivity contribution is 5.74. The molecular formula is C19H29N3O2. The molecule has 3 rings (SSSR count). The summed E-state index contributed by atoms with van der Waals surface area (Å²) < 4.78 is 0. The third-order valence-corrected chi connectivity index (χ3v) is 5.29. The van der Waals surface area contributed by atoms with E-state index in [9.17, 15) is 9.90 Å². The Morgan fingerprint density at radius 3 is 2.67 bits per heavy atom. The van der Waals surface area contributed by atoms with Crippen LogP contribution < -0.4 is 10.6 Å².